The molecule has 1 aliphatic rings. The number of aryl methyl sites for hydroxylation is 1. The molecule has 0 radical (unpaired) electrons. The van der Waals surface area contributed by atoms with Crippen LogP contribution in [0.1, 0.15) is 18.4 Å². The molecule has 25 heavy (non-hydrogen) atoms. The topological polar surface area (TPSA) is 68.5 Å². The first kappa shape index (κ1) is 16.2. The van der Waals surface area contributed by atoms with Crippen LogP contribution in [0.2, 0.25) is 0 Å². The highest BCUT2D eigenvalue weighted by molar-refractivity contribution is 7.99. The van der Waals surface area contributed by atoms with E-state index in [0.717, 1.165) is 39.6 Å². The smallest absolute Gasteiger partial charge is 0.230 e. The lowest BCUT2D eigenvalue weighted by molar-refractivity contribution is -0.118. The normalized spacial score (nSPS) is 14.2. The summed E-state index contributed by atoms with van der Waals surface area (Å²) in [5, 5.41) is 13.4. The summed E-state index contributed by atoms with van der Waals surface area (Å²) in [6, 6.07) is 7.98. The van der Waals surface area contributed by atoms with E-state index < -0.39 is 0 Å². The summed E-state index contributed by atoms with van der Waals surface area (Å²) in [6.07, 6.45) is 2.46. The van der Waals surface area contributed by atoms with Crippen molar-refractivity contribution in [3.8, 4) is 5.75 Å². The second kappa shape index (κ2) is 6.55. The number of nitrogens with one attached hydrogen (secondary N) is 1. The van der Waals surface area contributed by atoms with Gasteiger partial charge in [-0.1, -0.05) is 11.8 Å². The van der Waals surface area contributed by atoms with Gasteiger partial charge in [-0.05, 0) is 49.4 Å². The van der Waals surface area contributed by atoms with Crippen molar-refractivity contribution in [1.82, 2.24) is 19.9 Å². The maximum atomic E-state index is 12.0. The number of carbonyl (C=O) groups excluding carboxylic acids is 1. The highest BCUT2D eigenvalue weighted by atomic mass is 32.2. The van der Waals surface area contributed by atoms with Gasteiger partial charge in [0.25, 0.3) is 0 Å². The van der Waals surface area contributed by atoms with Crippen molar-refractivity contribution in [2.75, 3.05) is 19.4 Å². The lowest BCUT2D eigenvalue weighted by Crippen LogP contribution is -2.27. The highest BCUT2D eigenvalue weighted by Gasteiger charge is 2.21. The summed E-state index contributed by atoms with van der Waals surface area (Å²) in [7, 11) is 1.65. The van der Waals surface area contributed by atoms with E-state index in [1.54, 1.807) is 7.11 Å². The van der Waals surface area contributed by atoms with Crippen LogP contribution in [0.3, 0.4) is 0 Å². The van der Waals surface area contributed by atoms with Crippen LogP contribution in [0, 0.1) is 12.8 Å². The van der Waals surface area contributed by atoms with E-state index in [4.69, 9.17) is 4.74 Å². The van der Waals surface area contributed by atoms with E-state index in [2.05, 4.69) is 22.4 Å². The summed E-state index contributed by atoms with van der Waals surface area (Å²) >= 11 is 1.41. The molecule has 1 fully saturated rings. The van der Waals surface area contributed by atoms with Crippen LogP contribution in [-0.4, -0.2) is 39.9 Å². The average Bonchev–Trinajstić information content (AvgIpc) is 3.37. The number of thioether (sulfide) groups is 1. The molecule has 1 saturated carbocycles. The Hall–Kier alpha value is -2.28. The molecule has 0 unspecified atom stereocenters. The molecule has 6 nitrogen and oxygen atoms in total. The van der Waals surface area contributed by atoms with Crippen LogP contribution in [0.15, 0.2) is 29.4 Å². The molecule has 1 aromatic carbocycles. The molecule has 130 valence electrons. The van der Waals surface area contributed by atoms with E-state index >= 15 is 0 Å². The number of rotatable bonds is 6. The van der Waals surface area contributed by atoms with Gasteiger partial charge in [0.05, 0.1) is 18.4 Å². The fourth-order valence-electron chi connectivity index (χ4n) is 2.88. The molecule has 0 saturated heterocycles. The van der Waals surface area contributed by atoms with E-state index in [-0.39, 0.29) is 5.91 Å². The zero-order chi connectivity index (χ0) is 17.4. The molecule has 0 bridgehead atoms. The van der Waals surface area contributed by atoms with Gasteiger partial charge in [0.2, 0.25) is 5.91 Å². The largest absolute Gasteiger partial charge is 0.497 e. The Balaban J connectivity index is 1.64. The monoisotopic (exact) mass is 356 g/mol. The number of hydrogen-bond donors (Lipinski definition) is 1. The number of fused-ring (bicyclic) bond motifs is 3. The van der Waals surface area contributed by atoms with E-state index in [1.165, 1.54) is 24.6 Å². The van der Waals surface area contributed by atoms with Gasteiger partial charge in [0.1, 0.15) is 5.75 Å². The number of ether oxygens (including phenoxy) is 1. The molecule has 0 aliphatic heterocycles. The number of pyridine rings is 1. The van der Waals surface area contributed by atoms with Crippen molar-refractivity contribution in [2.24, 2.45) is 5.92 Å². The van der Waals surface area contributed by atoms with Crippen molar-refractivity contribution in [3.63, 3.8) is 0 Å². The minimum atomic E-state index is 0.0441. The van der Waals surface area contributed by atoms with Crippen LogP contribution >= 0.6 is 11.8 Å². The zero-order valence-corrected chi connectivity index (χ0v) is 15.1. The van der Waals surface area contributed by atoms with Crippen molar-refractivity contribution < 1.29 is 9.53 Å². The Morgan fingerprint density at radius 2 is 2.20 bits per heavy atom. The third-order valence-corrected chi connectivity index (χ3v) is 5.42. The number of aromatic nitrogens is 3. The molecular weight excluding hydrogens is 336 g/mol. The maximum absolute atomic E-state index is 12.0. The van der Waals surface area contributed by atoms with Crippen molar-refractivity contribution in [3.05, 3.63) is 29.8 Å². The summed E-state index contributed by atoms with van der Waals surface area (Å²) < 4.78 is 7.35. The van der Waals surface area contributed by atoms with Crippen LogP contribution in [0.25, 0.3) is 16.6 Å². The maximum Gasteiger partial charge on any atom is 0.230 e. The van der Waals surface area contributed by atoms with Gasteiger partial charge in [-0.25, -0.2) is 0 Å². The minimum Gasteiger partial charge on any atom is -0.497 e. The quantitative estimate of drug-likeness (QED) is 0.688. The van der Waals surface area contributed by atoms with E-state index in [0.29, 0.717) is 11.7 Å². The van der Waals surface area contributed by atoms with Crippen LogP contribution in [0.5, 0.6) is 5.75 Å². The van der Waals surface area contributed by atoms with Crippen LogP contribution in [-0.2, 0) is 4.79 Å². The molecule has 3 aromatic rings. The molecule has 1 aliphatic carbocycles. The molecule has 2 aromatic heterocycles. The van der Waals surface area contributed by atoms with Gasteiger partial charge in [0, 0.05) is 18.0 Å². The number of hydrogen-bond acceptors (Lipinski definition) is 5. The van der Waals surface area contributed by atoms with E-state index in [1.807, 2.05) is 28.7 Å². The van der Waals surface area contributed by atoms with E-state index in [9.17, 15) is 4.79 Å². The SMILES string of the molecule is COc1ccc2c(C)cc3nnc(SCC(=O)NCC4CC4)n3c2c1. The summed E-state index contributed by atoms with van der Waals surface area (Å²) in [5.74, 6) is 1.85. The van der Waals surface area contributed by atoms with Crippen LogP contribution < -0.4 is 10.1 Å². The van der Waals surface area contributed by atoms with Gasteiger partial charge in [-0.3, -0.25) is 9.20 Å². The number of benzene rings is 1. The van der Waals surface area contributed by atoms with Gasteiger partial charge in [-0.15, -0.1) is 10.2 Å². The molecule has 2 heterocycles. The predicted molar refractivity (Wildman–Crippen MR) is 98.2 cm³/mol. The molecule has 1 N–H and O–H groups in total. The lowest BCUT2D eigenvalue weighted by Gasteiger charge is -2.09. The first-order valence-electron chi connectivity index (χ1n) is 8.37. The highest BCUT2D eigenvalue weighted by Crippen LogP contribution is 2.29. The molecule has 0 spiro atoms. The Morgan fingerprint density at radius 3 is 2.96 bits per heavy atom. The lowest BCUT2D eigenvalue weighted by atomic mass is 10.1. The third kappa shape index (κ3) is 3.28. The number of carbonyl (C=O) groups is 1. The van der Waals surface area contributed by atoms with Crippen LogP contribution in [0.4, 0.5) is 0 Å². The second-order valence-electron chi connectivity index (χ2n) is 6.42. The summed E-state index contributed by atoms with van der Waals surface area (Å²) in [6.45, 7) is 2.85. The molecule has 4 rings (SSSR count). The van der Waals surface area contributed by atoms with Gasteiger partial charge in [0.15, 0.2) is 10.8 Å². The van der Waals surface area contributed by atoms with Gasteiger partial charge < -0.3 is 10.1 Å². The average molecular weight is 356 g/mol. The zero-order valence-electron chi connectivity index (χ0n) is 14.3. The molecular formula is C18H20N4O2S. The van der Waals surface area contributed by atoms with Gasteiger partial charge >= 0.3 is 0 Å². The molecule has 7 heteroatoms. The van der Waals surface area contributed by atoms with Crippen molar-refractivity contribution in [2.45, 2.75) is 24.9 Å². The standard InChI is InChI=1S/C18H20N4O2S/c1-11-7-16-20-21-18(25-10-17(23)19-9-12-3-4-12)22(16)15-8-13(24-2)5-6-14(11)15/h5-8,12H,3-4,9-10H2,1-2H3,(H,19,23). The fourth-order valence-corrected chi connectivity index (χ4v) is 3.67. The Kier molecular flexibility index (Phi) is 4.25. The minimum absolute atomic E-state index is 0.0441. The number of nitrogens with zero attached hydrogens (tertiary/aromatic N) is 3. The summed E-state index contributed by atoms with van der Waals surface area (Å²) in [5.41, 5.74) is 2.90. The fraction of sp³-hybridized carbons (Fsp3) is 0.389. The Labute approximate surface area is 150 Å². The summed E-state index contributed by atoms with van der Waals surface area (Å²) in [4.78, 5) is 12.0. The van der Waals surface area contributed by atoms with Crippen molar-refractivity contribution in [1.29, 1.82) is 0 Å². The molecule has 0 atom stereocenters. The number of methoxy groups -OCH3 is 1. The first-order chi connectivity index (χ1) is 12.2. The second-order valence-corrected chi connectivity index (χ2v) is 7.37. The Bertz CT molecular complexity index is 949. The predicted octanol–water partition coefficient (Wildman–Crippen LogP) is 2.82. The molecule has 1 amide bonds. The first-order valence-corrected chi connectivity index (χ1v) is 9.36. The Morgan fingerprint density at radius 1 is 1.36 bits per heavy atom. The third-order valence-electron chi connectivity index (χ3n) is 4.49. The van der Waals surface area contributed by atoms with Crippen molar-refractivity contribution >= 4 is 34.2 Å². The van der Waals surface area contributed by atoms with Gasteiger partial charge in [-0.2, -0.15) is 0 Å². The number of amides is 1.